The van der Waals surface area contributed by atoms with Crippen LogP contribution in [0.15, 0.2) is 17.2 Å². The summed E-state index contributed by atoms with van der Waals surface area (Å²) in [6.07, 6.45) is 5.97. The van der Waals surface area contributed by atoms with Crippen LogP contribution in [0.25, 0.3) is 0 Å². The molecule has 1 aromatic heterocycles. The second-order valence-electron chi connectivity index (χ2n) is 5.50. The Labute approximate surface area is 125 Å². The Hall–Kier alpha value is -1.34. The van der Waals surface area contributed by atoms with Gasteiger partial charge in [-0.15, -0.1) is 0 Å². The molecule has 0 saturated carbocycles. The summed E-state index contributed by atoms with van der Waals surface area (Å²) in [5, 5.41) is 9.07. The van der Waals surface area contributed by atoms with Gasteiger partial charge in [0.1, 0.15) is 10.6 Å². The summed E-state index contributed by atoms with van der Waals surface area (Å²) in [5.74, 6) is -1.12. The molecule has 2 heterocycles. The van der Waals surface area contributed by atoms with Crippen LogP contribution in [0.2, 0.25) is 0 Å². The number of aromatic nitrogens is 1. The fourth-order valence-electron chi connectivity index (χ4n) is 2.90. The Balaban J connectivity index is 2.40. The quantitative estimate of drug-likeness (QED) is 0.922. The van der Waals surface area contributed by atoms with Crippen molar-refractivity contribution in [2.45, 2.75) is 50.0 Å². The molecule has 7 heteroatoms. The van der Waals surface area contributed by atoms with Crippen molar-refractivity contribution in [3.05, 3.63) is 18.0 Å². The van der Waals surface area contributed by atoms with E-state index in [1.807, 2.05) is 6.92 Å². The third-order valence-corrected chi connectivity index (χ3v) is 6.02. The highest BCUT2D eigenvalue weighted by atomic mass is 32.2. The minimum atomic E-state index is -3.63. The van der Waals surface area contributed by atoms with Crippen LogP contribution in [0, 0.1) is 0 Å². The molecule has 2 rings (SSSR count). The van der Waals surface area contributed by atoms with Crippen molar-refractivity contribution >= 4 is 16.0 Å². The molecule has 0 aromatic carbocycles. The number of hydrogen-bond acceptors (Lipinski definition) is 3. The molecule has 21 heavy (non-hydrogen) atoms. The summed E-state index contributed by atoms with van der Waals surface area (Å²) in [4.78, 5) is 11.2. The molecule has 1 aliphatic rings. The van der Waals surface area contributed by atoms with Gasteiger partial charge in [-0.2, -0.15) is 4.31 Å². The summed E-state index contributed by atoms with van der Waals surface area (Å²) in [6, 6.07) is 1.25. The maximum absolute atomic E-state index is 12.8. The third-order valence-electron chi connectivity index (χ3n) is 4.10. The second-order valence-corrected chi connectivity index (χ2v) is 7.39. The molecule has 118 valence electrons. The second kappa shape index (κ2) is 6.19. The van der Waals surface area contributed by atoms with E-state index in [1.54, 1.807) is 11.4 Å². The van der Waals surface area contributed by atoms with E-state index in [0.717, 1.165) is 32.1 Å². The molecule has 6 nitrogen and oxygen atoms in total. The van der Waals surface area contributed by atoms with Gasteiger partial charge in [-0.05, 0) is 25.3 Å². The van der Waals surface area contributed by atoms with Crippen LogP contribution in [0.1, 0.15) is 49.5 Å². The molecule has 1 N–H and O–H groups in total. The molecule has 0 spiro atoms. The SMILES string of the molecule is CCC1CCCCCN1S(=O)(=O)c1cc(C(=O)O)n(C)c1. The Bertz CT molecular complexity index is 621. The van der Waals surface area contributed by atoms with Gasteiger partial charge < -0.3 is 9.67 Å². The van der Waals surface area contributed by atoms with E-state index in [-0.39, 0.29) is 16.6 Å². The zero-order valence-electron chi connectivity index (χ0n) is 12.4. The van der Waals surface area contributed by atoms with Crippen LogP contribution in [0.3, 0.4) is 0 Å². The Morgan fingerprint density at radius 1 is 1.38 bits per heavy atom. The van der Waals surface area contributed by atoms with Crippen LogP contribution in [-0.4, -0.2) is 41.0 Å². The molecule has 1 unspecified atom stereocenters. The number of carbonyl (C=O) groups is 1. The number of aryl methyl sites for hydroxylation is 1. The Morgan fingerprint density at radius 2 is 2.10 bits per heavy atom. The highest BCUT2D eigenvalue weighted by Crippen LogP contribution is 2.27. The zero-order chi connectivity index (χ0) is 15.6. The molecule has 0 radical (unpaired) electrons. The third kappa shape index (κ3) is 3.13. The highest BCUT2D eigenvalue weighted by Gasteiger charge is 2.32. The number of carboxylic acids is 1. The number of sulfonamides is 1. The van der Waals surface area contributed by atoms with Crippen LogP contribution in [-0.2, 0) is 17.1 Å². The first kappa shape index (κ1) is 16.0. The number of rotatable bonds is 4. The Kier molecular flexibility index (Phi) is 4.73. The van der Waals surface area contributed by atoms with Crippen molar-refractivity contribution in [1.82, 2.24) is 8.87 Å². The van der Waals surface area contributed by atoms with Gasteiger partial charge in [0.2, 0.25) is 10.0 Å². The molecule has 1 aromatic rings. The van der Waals surface area contributed by atoms with Crippen molar-refractivity contribution in [2.24, 2.45) is 7.05 Å². The van der Waals surface area contributed by atoms with Gasteiger partial charge in [0.05, 0.1) is 0 Å². The molecular weight excluding hydrogens is 292 g/mol. The molecule has 1 atom stereocenters. The van der Waals surface area contributed by atoms with Crippen molar-refractivity contribution in [3.8, 4) is 0 Å². The predicted octanol–water partition coefficient (Wildman–Crippen LogP) is 2.07. The van der Waals surface area contributed by atoms with E-state index in [1.165, 1.54) is 16.8 Å². The lowest BCUT2D eigenvalue weighted by Crippen LogP contribution is -2.39. The van der Waals surface area contributed by atoms with Gasteiger partial charge in [-0.1, -0.05) is 19.8 Å². The minimum Gasteiger partial charge on any atom is -0.477 e. The fourth-order valence-corrected chi connectivity index (χ4v) is 4.74. The smallest absolute Gasteiger partial charge is 0.352 e. The monoisotopic (exact) mass is 314 g/mol. The van der Waals surface area contributed by atoms with Crippen molar-refractivity contribution in [1.29, 1.82) is 0 Å². The lowest BCUT2D eigenvalue weighted by Gasteiger charge is -2.27. The van der Waals surface area contributed by atoms with Crippen LogP contribution in [0.4, 0.5) is 0 Å². The Morgan fingerprint density at radius 3 is 2.67 bits per heavy atom. The maximum atomic E-state index is 12.8. The summed E-state index contributed by atoms with van der Waals surface area (Å²) in [7, 11) is -2.09. The van der Waals surface area contributed by atoms with E-state index < -0.39 is 16.0 Å². The first-order chi connectivity index (χ1) is 9.87. The molecule has 1 fully saturated rings. The first-order valence-corrected chi connectivity index (χ1v) is 8.73. The summed E-state index contributed by atoms with van der Waals surface area (Å²) in [5.41, 5.74) is -0.0172. The molecule has 0 amide bonds. The molecule has 0 bridgehead atoms. The first-order valence-electron chi connectivity index (χ1n) is 7.29. The average molecular weight is 314 g/mol. The fraction of sp³-hybridized carbons (Fsp3) is 0.643. The largest absolute Gasteiger partial charge is 0.477 e. The topological polar surface area (TPSA) is 79.6 Å². The summed E-state index contributed by atoms with van der Waals surface area (Å²) in [6.45, 7) is 2.50. The molecule has 1 aliphatic heterocycles. The maximum Gasteiger partial charge on any atom is 0.352 e. The summed E-state index contributed by atoms with van der Waals surface area (Å²) < 4.78 is 28.5. The van der Waals surface area contributed by atoms with Crippen LogP contribution >= 0.6 is 0 Å². The lowest BCUT2D eigenvalue weighted by molar-refractivity contribution is 0.0686. The van der Waals surface area contributed by atoms with Gasteiger partial charge in [-0.25, -0.2) is 13.2 Å². The van der Waals surface area contributed by atoms with Gasteiger partial charge in [-0.3, -0.25) is 0 Å². The number of carboxylic acid groups (broad SMARTS) is 1. The van der Waals surface area contributed by atoms with Crippen molar-refractivity contribution < 1.29 is 18.3 Å². The van der Waals surface area contributed by atoms with Crippen LogP contribution < -0.4 is 0 Å². The van der Waals surface area contributed by atoms with Gasteiger partial charge in [0.25, 0.3) is 0 Å². The van der Waals surface area contributed by atoms with E-state index in [9.17, 15) is 13.2 Å². The molecule has 1 saturated heterocycles. The number of hydrogen-bond donors (Lipinski definition) is 1. The van der Waals surface area contributed by atoms with Gasteiger partial charge in [0, 0.05) is 25.8 Å². The van der Waals surface area contributed by atoms with E-state index >= 15 is 0 Å². The van der Waals surface area contributed by atoms with Crippen LogP contribution in [0.5, 0.6) is 0 Å². The minimum absolute atomic E-state index is 0.00554. The predicted molar refractivity (Wildman–Crippen MR) is 78.8 cm³/mol. The molecular formula is C14H22N2O4S. The summed E-state index contributed by atoms with van der Waals surface area (Å²) >= 11 is 0. The molecule has 0 aliphatic carbocycles. The number of aromatic carboxylic acids is 1. The van der Waals surface area contributed by atoms with E-state index in [2.05, 4.69) is 0 Å². The highest BCUT2D eigenvalue weighted by molar-refractivity contribution is 7.89. The lowest BCUT2D eigenvalue weighted by atomic mass is 10.1. The van der Waals surface area contributed by atoms with E-state index in [0.29, 0.717) is 6.54 Å². The zero-order valence-corrected chi connectivity index (χ0v) is 13.3. The normalized spacial score (nSPS) is 21.1. The van der Waals surface area contributed by atoms with Crippen molar-refractivity contribution in [3.63, 3.8) is 0 Å². The van der Waals surface area contributed by atoms with Gasteiger partial charge in [0.15, 0.2) is 0 Å². The number of nitrogens with zero attached hydrogens (tertiary/aromatic N) is 2. The average Bonchev–Trinajstić information content (AvgIpc) is 2.68. The standard InChI is InChI=1S/C14H22N2O4S/c1-3-11-7-5-4-6-8-16(11)21(19,20)12-9-13(14(17)18)15(2)10-12/h9-11H,3-8H2,1-2H3,(H,17,18). The van der Waals surface area contributed by atoms with E-state index in [4.69, 9.17) is 5.11 Å². The van der Waals surface area contributed by atoms with Gasteiger partial charge >= 0.3 is 5.97 Å². The van der Waals surface area contributed by atoms with Crippen molar-refractivity contribution in [2.75, 3.05) is 6.54 Å².